The van der Waals surface area contributed by atoms with Crippen LogP contribution in [0.15, 0.2) is 41.8 Å². The monoisotopic (exact) mass is 361 g/mol. The lowest BCUT2D eigenvalue weighted by Gasteiger charge is -2.09. The molecule has 0 aliphatic rings. The van der Waals surface area contributed by atoms with Crippen molar-refractivity contribution in [1.29, 1.82) is 0 Å². The summed E-state index contributed by atoms with van der Waals surface area (Å²) >= 11 is 1.22. The molecule has 2 amide bonds. The van der Waals surface area contributed by atoms with Gasteiger partial charge in [-0.3, -0.25) is 19.7 Å². The predicted octanol–water partition coefficient (Wildman–Crippen LogP) is 2.58. The summed E-state index contributed by atoms with van der Waals surface area (Å²) in [7, 11) is 0. The molecule has 0 spiro atoms. The number of rotatable bonds is 8. The van der Waals surface area contributed by atoms with Gasteiger partial charge in [0.2, 0.25) is 0 Å². The van der Waals surface area contributed by atoms with Crippen LogP contribution in [0.3, 0.4) is 0 Å². The van der Waals surface area contributed by atoms with Gasteiger partial charge in [-0.05, 0) is 36.4 Å². The summed E-state index contributed by atoms with van der Waals surface area (Å²) in [6, 6.07) is 10.8. The van der Waals surface area contributed by atoms with E-state index in [4.69, 9.17) is 9.47 Å². The Kier molecular flexibility index (Phi) is 7.16. The standard InChI is InChI=1S/C18H19NO5S/c1-2-23-14-7-4-3-6-13(14)9-10-17(21)24-12-16(20)19-18(22)15-8-5-11-25-15/h3-8,11H,2,9-10,12H2,1H3,(H,19,20,22). The average Bonchev–Trinajstić information content (AvgIpc) is 3.14. The fourth-order valence-corrected chi connectivity index (χ4v) is 2.71. The molecule has 2 rings (SSSR count). The van der Waals surface area contributed by atoms with E-state index in [2.05, 4.69) is 5.32 Å². The number of esters is 1. The number of nitrogens with one attached hydrogen (secondary N) is 1. The number of hydrogen-bond acceptors (Lipinski definition) is 6. The van der Waals surface area contributed by atoms with Crippen molar-refractivity contribution in [3.8, 4) is 5.75 Å². The molecule has 25 heavy (non-hydrogen) atoms. The van der Waals surface area contributed by atoms with Crippen LogP contribution in [0.2, 0.25) is 0 Å². The average molecular weight is 361 g/mol. The molecule has 7 heteroatoms. The van der Waals surface area contributed by atoms with E-state index >= 15 is 0 Å². The van der Waals surface area contributed by atoms with Gasteiger partial charge in [0.05, 0.1) is 11.5 Å². The molecular formula is C18H19NO5S. The minimum atomic E-state index is -0.651. The predicted molar refractivity (Wildman–Crippen MR) is 93.7 cm³/mol. The Labute approximate surface area is 149 Å². The molecule has 0 fully saturated rings. The maximum atomic E-state index is 11.8. The van der Waals surface area contributed by atoms with Gasteiger partial charge in [-0.15, -0.1) is 11.3 Å². The SMILES string of the molecule is CCOc1ccccc1CCC(=O)OCC(=O)NC(=O)c1cccs1. The largest absolute Gasteiger partial charge is 0.494 e. The molecule has 132 valence electrons. The van der Waals surface area contributed by atoms with Crippen molar-refractivity contribution >= 4 is 29.1 Å². The third-order valence-electron chi connectivity index (χ3n) is 3.23. The van der Waals surface area contributed by atoms with Crippen molar-refractivity contribution in [3.05, 3.63) is 52.2 Å². The summed E-state index contributed by atoms with van der Waals surface area (Å²) in [5, 5.41) is 3.91. The van der Waals surface area contributed by atoms with Crippen LogP contribution in [-0.4, -0.2) is 31.0 Å². The van der Waals surface area contributed by atoms with E-state index < -0.39 is 24.4 Å². The van der Waals surface area contributed by atoms with Crippen LogP contribution in [-0.2, 0) is 20.7 Å². The number of ether oxygens (including phenoxy) is 2. The Morgan fingerprint density at radius 2 is 1.92 bits per heavy atom. The van der Waals surface area contributed by atoms with Gasteiger partial charge in [0.15, 0.2) is 6.61 Å². The van der Waals surface area contributed by atoms with Gasteiger partial charge < -0.3 is 9.47 Å². The maximum Gasteiger partial charge on any atom is 0.306 e. The molecule has 2 aromatic rings. The van der Waals surface area contributed by atoms with Gasteiger partial charge >= 0.3 is 5.97 Å². The van der Waals surface area contributed by atoms with E-state index in [9.17, 15) is 14.4 Å². The second-order valence-corrected chi connectivity index (χ2v) is 6.00. The summed E-state index contributed by atoms with van der Waals surface area (Å²) in [6.07, 6.45) is 0.570. The zero-order valence-corrected chi connectivity index (χ0v) is 14.6. The molecular weight excluding hydrogens is 342 g/mol. The molecule has 1 N–H and O–H groups in total. The summed E-state index contributed by atoms with van der Waals surface area (Å²) in [4.78, 5) is 35.5. The summed E-state index contributed by atoms with van der Waals surface area (Å²) in [6.45, 7) is 1.95. The molecule has 0 aliphatic heterocycles. The fraction of sp³-hybridized carbons (Fsp3) is 0.278. The van der Waals surface area contributed by atoms with Crippen LogP contribution in [0.1, 0.15) is 28.6 Å². The molecule has 0 bridgehead atoms. The van der Waals surface area contributed by atoms with Gasteiger partial charge in [0.25, 0.3) is 11.8 Å². The zero-order chi connectivity index (χ0) is 18.1. The Morgan fingerprint density at radius 1 is 1.12 bits per heavy atom. The summed E-state index contributed by atoms with van der Waals surface area (Å²) < 4.78 is 10.4. The van der Waals surface area contributed by atoms with Crippen molar-refractivity contribution in [1.82, 2.24) is 5.32 Å². The highest BCUT2D eigenvalue weighted by Crippen LogP contribution is 2.19. The van der Waals surface area contributed by atoms with Gasteiger partial charge in [-0.25, -0.2) is 0 Å². The van der Waals surface area contributed by atoms with Crippen molar-refractivity contribution in [2.24, 2.45) is 0 Å². The lowest BCUT2D eigenvalue weighted by Crippen LogP contribution is -2.33. The molecule has 0 saturated carbocycles. The number of imide groups is 1. The molecule has 0 atom stereocenters. The van der Waals surface area contributed by atoms with Gasteiger partial charge in [-0.1, -0.05) is 24.3 Å². The molecule has 6 nitrogen and oxygen atoms in total. The highest BCUT2D eigenvalue weighted by atomic mass is 32.1. The van der Waals surface area contributed by atoms with Crippen LogP contribution in [0, 0.1) is 0 Å². The minimum Gasteiger partial charge on any atom is -0.494 e. The maximum absolute atomic E-state index is 11.8. The first-order valence-electron chi connectivity index (χ1n) is 7.84. The Morgan fingerprint density at radius 3 is 2.64 bits per heavy atom. The van der Waals surface area contributed by atoms with Crippen molar-refractivity contribution in [2.45, 2.75) is 19.8 Å². The van der Waals surface area contributed by atoms with E-state index in [1.54, 1.807) is 17.5 Å². The first-order chi connectivity index (χ1) is 12.1. The molecule has 1 aromatic carbocycles. The normalized spacial score (nSPS) is 10.1. The van der Waals surface area contributed by atoms with Crippen LogP contribution < -0.4 is 10.1 Å². The van der Waals surface area contributed by atoms with Crippen LogP contribution in [0.4, 0.5) is 0 Å². The number of benzene rings is 1. The first kappa shape index (κ1) is 18.7. The Balaban J connectivity index is 1.73. The quantitative estimate of drug-likeness (QED) is 0.731. The topological polar surface area (TPSA) is 81.7 Å². The summed E-state index contributed by atoms with van der Waals surface area (Å²) in [5.41, 5.74) is 0.902. The van der Waals surface area contributed by atoms with E-state index in [1.165, 1.54) is 11.3 Å². The van der Waals surface area contributed by atoms with Crippen LogP contribution >= 0.6 is 11.3 Å². The fourth-order valence-electron chi connectivity index (χ4n) is 2.09. The molecule has 0 unspecified atom stereocenters. The van der Waals surface area contributed by atoms with Gasteiger partial charge in [0.1, 0.15) is 5.75 Å². The molecule has 0 radical (unpaired) electrons. The number of carbonyl (C=O) groups is 3. The zero-order valence-electron chi connectivity index (χ0n) is 13.8. The van der Waals surface area contributed by atoms with Gasteiger partial charge in [0, 0.05) is 6.42 Å². The molecule has 1 heterocycles. The second-order valence-electron chi connectivity index (χ2n) is 5.06. The third kappa shape index (κ3) is 6.04. The Bertz CT molecular complexity index is 727. The smallest absolute Gasteiger partial charge is 0.306 e. The highest BCUT2D eigenvalue weighted by molar-refractivity contribution is 7.12. The van der Waals surface area contributed by atoms with E-state index in [0.29, 0.717) is 17.9 Å². The lowest BCUT2D eigenvalue weighted by atomic mass is 10.1. The van der Waals surface area contributed by atoms with Crippen LogP contribution in [0.25, 0.3) is 0 Å². The van der Waals surface area contributed by atoms with Crippen molar-refractivity contribution in [3.63, 3.8) is 0 Å². The van der Waals surface area contributed by atoms with Crippen LogP contribution in [0.5, 0.6) is 5.75 Å². The number of carbonyl (C=O) groups excluding carboxylic acids is 3. The summed E-state index contributed by atoms with van der Waals surface area (Å²) in [5.74, 6) is -0.926. The molecule has 0 aliphatic carbocycles. The minimum absolute atomic E-state index is 0.121. The number of para-hydroxylation sites is 1. The van der Waals surface area contributed by atoms with E-state index in [-0.39, 0.29) is 6.42 Å². The molecule has 1 aromatic heterocycles. The number of amides is 2. The van der Waals surface area contributed by atoms with E-state index in [1.807, 2.05) is 31.2 Å². The van der Waals surface area contributed by atoms with Gasteiger partial charge in [-0.2, -0.15) is 0 Å². The number of aryl methyl sites for hydroxylation is 1. The van der Waals surface area contributed by atoms with Crippen molar-refractivity contribution < 1.29 is 23.9 Å². The number of thiophene rings is 1. The Hall–Kier alpha value is -2.67. The molecule has 0 saturated heterocycles. The first-order valence-corrected chi connectivity index (χ1v) is 8.72. The van der Waals surface area contributed by atoms with Crippen molar-refractivity contribution in [2.75, 3.05) is 13.2 Å². The lowest BCUT2D eigenvalue weighted by molar-refractivity contribution is -0.148. The highest BCUT2D eigenvalue weighted by Gasteiger charge is 2.13. The van der Waals surface area contributed by atoms with E-state index in [0.717, 1.165) is 11.3 Å². The second kappa shape index (κ2) is 9.58. The third-order valence-corrected chi connectivity index (χ3v) is 4.10. The number of hydrogen-bond donors (Lipinski definition) is 1.